The Kier molecular flexibility index (Phi) is 6.79. The van der Waals surface area contributed by atoms with Crippen molar-refractivity contribution in [3.8, 4) is 0 Å². The van der Waals surface area contributed by atoms with Crippen molar-refractivity contribution >= 4 is 33.3 Å². The van der Waals surface area contributed by atoms with Crippen LogP contribution in [0.2, 0.25) is 0 Å². The van der Waals surface area contributed by atoms with Gasteiger partial charge in [-0.1, -0.05) is 12.8 Å². The molecule has 29 heavy (non-hydrogen) atoms. The molecule has 160 valence electrons. The number of anilines is 2. The lowest BCUT2D eigenvalue weighted by atomic mass is 9.86. The van der Waals surface area contributed by atoms with Gasteiger partial charge in [0.25, 0.3) is 5.91 Å². The third kappa shape index (κ3) is 5.08. The molecule has 1 amide bonds. The van der Waals surface area contributed by atoms with E-state index in [4.69, 9.17) is 4.74 Å². The fraction of sp³-hybridized carbons (Fsp3) is 0.600. The Morgan fingerprint density at radius 3 is 2.41 bits per heavy atom. The van der Waals surface area contributed by atoms with Crippen molar-refractivity contribution in [1.29, 1.82) is 0 Å². The second-order valence-electron chi connectivity index (χ2n) is 7.82. The zero-order valence-corrected chi connectivity index (χ0v) is 17.8. The molecule has 1 N–H and O–H groups in total. The molecule has 2 aliphatic rings. The van der Waals surface area contributed by atoms with E-state index in [1.807, 2.05) is 0 Å². The normalized spacial score (nSPS) is 18.0. The Morgan fingerprint density at radius 2 is 1.83 bits per heavy atom. The van der Waals surface area contributed by atoms with Crippen LogP contribution in [-0.4, -0.2) is 58.4 Å². The molecule has 0 atom stereocenters. The van der Waals surface area contributed by atoms with Crippen LogP contribution in [0.4, 0.5) is 11.4 Å². The van der Waals surface area contributed by atoms with Crippen LogP contribution in [0.1, 0.15) is 38.5 Å². The summed E-state index contributed by atoms with van der Waals surface area (Å²) in [5, 5.41) is 2.70. The van der Waals surface area contributed by atoms with Crippen molar-refractivity contribution in [2.45, 2.75) is 43.4 Å². The van der Waals surface area contributed by atoms with Crippen LogP contribution in [0.5, 0.6) is 0 Å². The summed E-state index contributed by atoms with van der Waals surface area (Å²) in [5.41, 5.74) is 1.04. The Balaban J connectivity index is 1.74. The molecule has 9 heteroatoms. The number of hydrogen-bond donors (Lipinski definition) is 1. The minimum absolute atomic E-state index is 0.0989. The van der Waals surface area contributed by atoms with Crippen LogP contribution in [-0.2, 0) is 24.3 Å². The van der Waals surface area contributed by atoms with E-state index in [0.717, 1.165) is 38.5 Å². The van der Waals surface area contributed by atoms with E-state index in [1.54, 1.807) is 31.1 Å². The number of benzene rings is 1. The number of rotatable bonds is 7. The standard InChI is InChI=1S/C20H29N3O5S/c1-22(2)18-10-9-16(29(26,27)23-11-4-3-5-12-23)13-17(18)21-19(24)14-28-20(25)15-7-6-8-15/h9-10,13,15H,3-8,11-12,14H2,1-2H3,(H,21,24). The smallest absolute Gasteiger partial charge is 0.309 e. The number of carbonyl (C=O) groups excluding carboxylic acids is 2. The zero-order chi connectivity index (χ0) is 21.0. The lowest BCUT2D eigenvalue weighted by Crippen LogP contribution is -2.35. The van der Waals surface area contributed by atoms with Crippen molar-refractivity contribution in [2.75, 3.05) is 44.0 Å². The predicted octanol–water partition coefficient (Wildman–Crippen LogP) is 2.21. The maximum atomic E-state index is 13.0. The SMILES string of the molecule is CN(C)c1ccc(S(=O)(=O)N2CCCCC2)cc1NC(=O)COC(=O)C1CCC1. The number of carbonyl (C=O) groups is 2. The first kappa shape index (κ1) is 21.6. The number of ether oxygens (including phenoxy) is 1. The maximum Gasteiger partial charge on any atom is 0.309 e. The van der Waals surface area contributed by atoms with E-state index < -0.39 is 15.9 Å². The lowest BCUT2D eigenvalue weighted by Gasteiger charge is -2.27. The van der Waals surface area contributed by atoms with Crippen molar-refractivity contribution in [2.24, 2.45) is 5.92 Å². The average Bonchev–Trinajstić information content (AvgIpc) is 2.65. The van der Waals surface area contributed by atoms with Gasteiger partial charge in [-0.3, -0.25) is 9.59 Å². The quantitative estimate of drug-likeness (QED) is 0.676. The fourth-order valence-electron chi connectivity index (χ4n) is 3.50. The molecule has 3 rings (SSSR count). The van der Waals surface area contributed by atoms with E-state index in [9.17, 15) is 18.0 Å². The molecule has 0 spiro atoms. The molecule has 1 saturated heterocycles. The summed E-state index contributed by atoms with van der Waals surface area (Å²) >= 11 is 0. The molecule has 8 nitrogen and oxygen atoms in total. The summed E-state index contributed by atoms with van der Waals surface area (Å²) in [7, 11) is -0.00545. The van der Waals surface area contributed by atoms with E-state index in [0.29, 0.717) is 24.5 Å². The molecule has 0 aromatic heterocycles. The van der Waals surface area contributed by atoms with E-state index in [-0.39, 0.29) is 23.4 Å². The largest absolute Gasteiger partial charge is 0.455 e. The minimum Gasteiger partial charge on any atom is -0.455 e. The summed E-state index contributed by atoms with van der Waals surface area (Å²) in [6.45, 7) is 0.637. The van der Waals surface area contributed by atoms with Gasteiger partial charge in [-0.2, -0.15) is 4.31 Å². The Bertz CT molecular complexity index is 859. The average molecular weight is 424 g/mol. The molecule has 1 saturated carbocycles. The summed E-state index contributed by atoms with van der Waals surface area (Å²) in [5.74, 6) is -0.938. The number of nitrogens with zero attached hydrogens (tertiary/aromatic N) is 2. The Morgan fingerprint density at radius 1 is 1.14 bits per heavy atom. The highest BCUT2D eigenvalue weighted by molar-refractivity contribution is 7.89. The van der Waals surface area contributed by atoms with Gasteiger partial charge in [0.05, 0.1) is 22.2 Å². The molecule has 1 aromatic rings. The summed E-state index contributed by atoms with van der Waals surface area (Å²) in [6, 6.07) is 4.71. The van der Waals surface area contributed by atoms with Gasteiger partial charge in [-0.05, 0) is 43.9 Å². The second kappa shape index (κ2) is 9.13. The number of sulfonamides is 1. The van der Waals surface area contributed by atoms with Crippen molar-refractivity contribution in [1.82, 2.24) is 4.31 Å². The van der Waals surface area contributed by atoms with Crippen LogP contribution >= 0.6 is 0 Å². The third-order valence-electron chi connectivity index (χ3n) is 5.46. The van der Waals surface area contributed by atoms with E-state index in [2.05, 4.69) is 5.32 Å². The van der Waals surface area contributed by atoms with Gasteiger partial charge in [-0.15, -0.1) is 0 Å². The topological polar surface area (TPSA) is 96.0 Å². The first-order chi connectivity index (χ1) is 13.8. The van der Waals surface area contributed by atoms with Gasteiger partial charge < -0.3 is 15.0 Å². The maximum absolute atomic E-state index is 13.0. The van der Waals surface area contributed by atoms with Crippen molar-refractivity contribution in [3.63, 3.8) is 0 Å². The molecule has 2 fully saturated rings. The number of nitrogens with one attached hydrogen (secondary N) is 1. The Hall–Kier alpha value is -2.13. The van der Waals surface area contributed by atoms with Gasteiger partial charge in [0.1, 0.15) is 0 Å². The van der Waals surface area contributed by atoms with E-state index in [1.165, 1.54) is 10.4 Å². The summed E-state index contributed by atoms with van der Waals surface area (Å²) < 4.78 is 32.5. The number of piperidine rings is 1. The van der Waals surface area contributed by atoms with Crippen LogP contribution in [0.25, 0.3) is 0 Å². The highest BCUT2D eigenvalue weighted by Gasteiger charge is 2.28. The van der Waals surface area contributed by atoms with Gasteiger partial charge in [0.15, 0.2) is 6.61 Å². The molecule has 1 heterocycles. The summed E-state index contributed by atoms with van der Waals surface area (Å²) in [4.78, 5) is 26.1. The minimum atomic E-state index is -3.62. The highest BCUT2D eigenvalue weighted by atomic mass is 32.2. The molecule has 0 radical (unpaired) electrons. The highest BCUT2D eigenvalue weighted by Crippen LogP contribution is 2.30. The van der Waals surface area contributed by atoms with Gasteiger partial charge in [-0.25, -0.2) is 8.42 Å². The monoisotopic (exact) mass is 423 g/mol. The van der Waals surface area contributed by atoms with Gasteiger partial charge >= 0.3 is 5.97 Å². The molecule has 1 aromatic carbocycles. The number of amides is 1. The molecule has 0 unspecified atom stereocenters. The molecule has 0 bridgehead atoms. The predicted molar refractivity (Wildman–Crippen MR) is 110 cm³/mol. The van der Waals surface area contributed by atoms with Crippen LogP contribution in [0.3, 0.4) is 0 Å². The first-order valence-corrected chi connectivity index (χ1v) is 11.5. The molecule has 1 aliphatic heterocycles. The van der Waals surface area contributed by atoms with E-state index >= 15 is 0 Å². The van der Waals surface area contributed by atoms with Crippen LogP contribution < -0.4 is 10.2 Å². The van der Waals surface area contributed by atoms with Crippen LogP contribution in [0.15, 0.2) is 23.1 Å². The first-order valence-electron chi connectivity index (χ1n) is 10.1. The zero-order valence-electron chi connectivity index (χ0n) is 17.0. The molecular weight excluding hydrogens is 394 g/mol. The van der Waals surface area contributed by atoms with Crippen LogP contribution in [0, 0.1) is 5.92 Å². The summed E-state index contributed by atoms with van der Waals surface area (Å²) in [6.07, 6.45) is 5.36. The number of hydrogen-bond acceptors (Lipinski definition) is 6. The fourth-order valence-corrected chi connectivity index (χ4v) is 5.05. The van der Waals surface area contributed by atoms with Gasteiger partial charge in [0.2, 0.25) is 10.0 Å². The Labute approximate surface area is 172 Å². The number of esters is 1. The lowest BCUT2D eigenvalue weighted by molar-refractivity contribution is -0.154. The van der Waals surface area contributed by atoms with Gasteiger partial charge in [0, 0.05) is 27.2 Å². The van der Waals surface area contributed by atoms with Crippen molar-refractivity contribution < 1.29 is 22.7 Å². The van der Waals surface area contributed by atoms with Crippen molar-refractivity contribution in [3.05, 3.63) is 18.2 Å². The molecule has 1 aliphatic carbocycles. The third-order valence-corrected chi connectivity index (χ3v) is 7.36. The molecular formula is C20H29N3O5S. The second-order valence-corrected chi connectivity index (χ2v) is 9.76.